The highest BCUT2D eigenvalue weighted by molar-refractivity contribution is 7.91. The Morgan fingerprint density at radius 1 is 1.19 bits per heavy atom. The molecule has 1 N–H and O–H groups in total. The molecule has 114 valence electrons. The molecule has 0 bridgehead atoms. The molecule has 0 aliphatic heterocycles. The molecule has 0 fully saturated rings. The van der Waals surface area contributed by atoms with Crippen LogP contribution in [0.4, 0.5) is 0 Å². The second-order valence-corrected chi connectivity index (χ2v) is 7.81. The Morgan fingerprint density at radius 2 is 1.95 bits per heavy atom. The van der Waals surface area contributed by atoms with Crippen LogP contribution in [0.5, 0.6) is 5.75 Å². The maximum absolute atomic E-state index is 11.9. The Balaban J connectivity index is 1.88. The number of para-hydroxylation sites is 1. The van der Waals surface area contributed by atoms with Crippen molar-refractivity contribution in [3.8, 4) is 5.75 Å². The van der Waals surface area contributed by atoms with Crippen LogP contribution in [0.2, 0.25) is 0 Å². The fourth-order valence-corrected chi connectivity index (χ4v) is 3.96. The van der Waals surface area contributed by atoms with Crippen LogP contribution in [0.3, 0.4) is 0 Å². The number of hydrogen-bond acceptors (Lipinski definition) is 4. The first-order valence-electron chi connectivity index (χ1n) is 6.75. The molecule has 0 saturated heterocycles. The van der Waals surface area contributed by atoms with Crippen molar-refractivity contribution in [3.05, 3.63) is 47.3 Å². The maximum Gasteiger partial charge on any atom is 0.250 e. The lowest BCUT2D eigenvalue weighted by Gasteiger charge is -2.14. The molecule has 1 aromatic heterocycles. The van der Waals surface area contributed by atoms with Gasteiger partial charge in [0.15, 0.2) is 0 Å². The molecule has 4 nitrogen and oxygen atoms in total. The fourth-order valence-electron chi connectivity index (χ4n) is 1.91. The molecule has 1 heterocycles. The third kappa shape index (κ3) is 4.30. The Labute approximate surface area is 129 Å². The highest BCUT2D eigenvalue weighted by atomic mass is 32.2. The van der Waals surface area contributed by atoms with Crippen LogP contribution in [-0.4, -0.2) is 21.6 Å². The lowest BCUT2D eigenvalue weighted by Crippen LogP contribution is -2.27. The lowest BCUT2D eigenvalue weighted by molar-refractivity contribution is 0.318. The van der Waals surface area contributed by atoms with Crippen LogP contribution in [0.25, 0.3) is 0 Å². The number of sulfonamides is 1. The number of hydrogen-bond donors (Lipinski definition) is 1. The summed E-state index contributed by atoms with van der Waals surface area (Å²) in [4.78, 5) is 0. The van der Waals surface area contributed by atoms with Gasteiger partial charge in [0.05, 0.1) is 0 Å². The minimum atomic E-state index is -3.41. The maximum atomic E-state index is 11.9. The Morgan fingerprint density at radius 3 is 2.62 bits per heavy atom. The van der Waals surface area contributed by atoms with Crippen LogP contribution in [-0.2, 0) is 10.0 Å². The molecule has 0 amide bonds. The van der Waals surface area contributed by atoms with Crippen molar-refractivity contribution in [2.24, 2.45) is 0 Å². The summed E-state index contributed by atoms with van der Waals surface area (Å²) in [7, 11) is -3.41. The smallest absolute Gasteiger partial charge is 0.250 e. The van der Waals surface area contributed by atoms with Gasteiger partial charge in [0.25, 0.3) is 0 Å². The molecule has 0 spiro atoms. The summed E-state index contributed by atoms with van der Waals surface area (Å²) in [6.45, 7) is 4.74. The molecule has 1 aromatic carbocycles. The molecule has 2 rings (SSSR count). The van der Waals surface area contributed by atoms with Gasteiger partial charge in [0.1, 0.15) is 16.6 Å². The number of ether oxygens (including phenoxy) is 1. The summed E-state index contributed by atoms with van der Waals surface area (Å²) < 4.78 is 32.4. The van der Waals surface area contributed by atoms with Crippen molar-refractivity contribution >= 4 is 21.4 Å². The summed E-state index contributed by atoms with van der Waals surface area (Å²) in [5, 5.41) is 1.74. The summed E-state index contributed by atoms with van der Waals surface area (Å²) in [5.74, 6) is 1.17. The van der Waals surface area contributed by atoms with Gasteiger partial charge in [-0.15, -0.1) is 11.3 Å². The standard InChI is InChI=1S/C15H19NO3S2/c1-12(2)13-6-3-4-7-14(13)19-10-9-16-21(17,18)15-8-5-11-20-15/h3-8,11-12,16H,9-10H2,1-2H3. The van der Waals surface area contributed by atoms with Gasteiger partial charge >= 0.3 is 0 Å². The van der Waals surface area contributed by atoms with Crippen LogP contribution in [0.15, 0.2) is 46.0 Å². The first-order chi connectivity index (χ1) is 10.0. The quantitative estimate of drug-likeness (QED) is 0.795. The van der Waals surface area contributed by atoms with E-state index in [1.807, 2.05) is 24.3 Å². The average Bonchev–Trinajstić information content (AvgIpc) is 2.99. The molecule has 0 radical (unpaired) electrons. The second-order valence-electron chi connectivity index (χ2n) is 4.87. The van der Waals surface area contributed by atoms with E-state index in [-0.39, 0.29) is 6.54 Å². The van der Waals surface area contributed by atoms with Crippen molar-refractivity contribution in [2.75, 3.05) is 13.2 Å². The van der Waals surface area contributed by atoms with E-state index in [1.165, 1.54) is 11.3 Å². The SMILES string of the molecule is CC(C)c1ccccc1OCCNS(=O)(=O)c1cccs1. The van der Waals surface area contributed by atoms with E-state index in [4.69, 9.17) is 4.74 Å². The third-order valence-corrected chi connectivity index (χ3v) is 5.81. The van der Waals surface area contributed by atoms with E-state index in [0.29, 0.717) is 16.7 Å². The van der Waals surface area contributed by atoms with Crippen molar-refractivity contribution in [2.45, 2.75) is 24.0 Å². The molecular formula is C15H19NO3S2. The van der Waals surface area contributed by atoms with E-state index >= 15 is 0 Å². The summed E-state index contributed by atoms with van der Waals surface area (Å²) in [5.41, 5.74) is 1.12. The van der Waals surface area contributed by atoms with E-state index in [2.05, 4.69) is 18.6 Å². The molecular weight excluding hydrogens is 306 g/mol. The minimum absolute atomic E-state index is 0.243. The van der Waals surface area contributed by atoms with Crippen molar-refractivity contribution in [1.29, 1.82) is 0 Å². The van der Waals surface area contributed by atoms with Gasteiger partial charge in [0.2, 0.25) is 10.0 Å². The molecule has 0 atom stereocenters. The normalized spacial score (nSPS) is 11.8. The van der Waals surface area contributed by atoms with Crippen LogP contribution >= 0.6 is 11.3 Å². The van der Waals surface area contributed by atoms with Gasteiger partial charge in [-0.25, -0.2) is 13.1 Å². The number of thiophene rings is 1. The fraction of sp³-hybridized carbons (Fsp3) is 0.333. The van der Waals surface area contributed by atoms with Gasteiger partial charge in [-0.3, -0.25) is 0 Å². The molecule has 0 saturated carbocycles. The van der Waals surface area contributed by atoms with Gasteiger partial charge in [-0.2, -0.15) is 0 Å². The molecule has 0 unspecified atom stereocenters. The van der Waals surface area contributed by atoms with E-state index in [9.17, 15) is 8.42 Å². The monoisotopic (exact) mass is 325 g/mol. The van der Waals surface area contributed by atoms with Gasteiger partial charge < -0.3 is 4.74 Å². The van der Waals surface area contributed by atoms with Crippen molar-refractivity contribution in [3.63, 3.8) is 0 Å². The Hall–Kier alpha value is -1.37. The zero-order valence-electron chi connectivity index (χ0n) is 12.1. The predicted molar refractivity (Wildman–Crippen MR) is 85.5 cm³/mol. The van der Waals surface area contributed by atoms with Crippen molar-refractivity contribution < 1.29 is 13.2 Å². The van der Waals surface area contributed by atoms with E-state index < -0.39 is 10.0 Å². The molecule has 2 aromatic rings. The van der Waals surface area contributed by atoms with Crippen LogP contribution in [0, 0.1) is 0 Å². The summed E-state index contributed by atoms with van der Waals surface area (Å²) in [6.07, 6.45) is 0. The predicted octanol–water partition coefficient (Wildman–Crippen LogP) is 3.23. The lowest BCUT2D eigenvalue weighted by atomic mass is 10.0. The van der Waals surface area contributed by atoms with E-state index in [1.54, 1.807) is 17.5 Å². The topological polar surface area (TPSA) is 55.4 Å². The van der Waals surface area contributed by atoms with Gasteiger partial charge in [0, 0.05) is 6.54 Å². The van der Waals surface area contributed by atoms with Gasteiger partial charge in [-0.1, -0.05) is 38.1 Å². The second kappa shape index (κ2) is 7.06. The molecule has 21 heavy (non-hydrogen) atoms. The summed E-state index contributed by atoms with van der Waals surface area (Å²) >= 11 is 1.20. The Kier molecular flexibility index (Phi) is 5.39. The summed E-state index contributed by atoms with van der Waals surface area (Å²) in [6, 6.07) is 11.1. The van der Waals surface area contributed by atoms with E-state index in [0.717, 1.165) is 11.3 Å². The zero-order chi connectivity index (χ0) is 15.3. The third-order valence-electron chi connectivity index (χ3n) is 2.95. The molecule has 0 aliphatic rings. The van der Waals surface area contributed by atoms with Crippen molar-refractivity contribution in [1.82, 2.24) is 4.72 Å². The largest absolute Gasteiger partial charge is 0.492 e. The highest BCUT2D eigenvalue weighted by Gasteiger charge is 2.14. The number of benzene rings is 1. The zero-order valence-corrected chi connectivity index (χ0v) is 13.7. The highest BCUT2D eigenvalue weighted by Crippen LogP contribution is 2.25. The van der Waals surface area contributed by atoms with Gasteiger partial charge in [-0.05, 0) is 29.0 Å². The van der Waals surface area contributed by atoms with Crippen LogP contribution < -0.4 is 9.46 Å². The average molecular weight is 325 g/mol. The molecule has 6 heteroatoms. The Bertz CT molecular complexity index is 664. The minimum Gasteiger partial charge on any atom is -0.492 e. The molecule has 0 aliphatic carbocycles. The first kappa shape index (κ1) is 16.0. The first-order valence-corrected chi connectivity index (χ1v) is 9.12. The number of nitrogens with one attached hydrogen (secondary N) is 1. The van der Waals surface area contributed by atoms with Crippen LogP contribution in [0.1, 0.15) is 25.3 Å². The number of rotatable bonds is 7.